The predicted octanol–water partition coefficient (Wildman–Crippen LogP) is -1.74. The third kappa shape index (κ3) is 8.13. The molecule has 12 nitrogen and oxygen atoms in total. The number of aliphatic carboxylic acids is 2. The first-order valence-corrected chi connectivity index (χ1v) is 10.2. The third-order valence-corrected chi connectivity index (χ3v) is 4.96. The van der Waals surface area contributed by atoms with Gasteiger partial charge in [-0.15, -0.1) is 0 Å². The Balaban J connectivity index is 2.90. The van der Waals surface area contributed by atoms with Crippen LogP contribution in [-0.2, 0) is 24.0 Å². The molecule has 0 aromatic rings. The molecule has 1 aliphatic heterocycles. The normalized spacial score (nSPS) is 18.9. The monoisotopic (exact) mass is 444 g/mol. The smallest absolute Gasteiger partial charge is 0.328 e. The average Bonchev–Trinajstić information content (AvgIpc) is 3.18. The van der Waals surface area contributed by atoms with Gasteiger partial charge in [-0.2, -0.15) is 0 Å². The summed E-state index contributed by atoms with van der Waals surface area (Å²) >= 11 is 0. The second kappa shape index (κ2) is 12.2. The van der Waals surface area contributed by atoms with Gasteiger partial charge in [-0.05, 0) is 31.6 Å². The van der Waals surface area contributed by atoms with Gasteiger partial charge in [0, 0.05) is 13.0 Å². The Morgan fingerprint density at radius 1 is 1.10 bits per heavy atom. The van der Waals surface area contributed by atoms with E-state index in [1.165, 1.54) is 4.90 Å². The van der Waals surface area contributed by atoms with Crippen molar-refractivity contribution < 1.29 is 39.3 Å². The van der Waals surface area contributed by atoms with E-state index in [1.54, 1.807) is 0 Å². The number of likely N-dealkylation sites (tertiary alicyclic amines) is 1. The fourth-order valence-corrected chi connectivity index (χ4v) is 3.34. The Hall–Kier alpha value is -2.73. The summed E-state index contributed by atoms with van der Waals surface area (Å²) in [7, 11) is 0. The molecule has 0 spiro atoms. The number of carboxylic acid groups (broad SMARTS) is 2. The summed E-state index contributed by atoms with van der Waals surface area (Å²) in [4.78, 5) is 61.1. The van der Waals surface area contributed by atoms with Gasteiger partial charge in [0.1, 0.15) is 18.1 Å². The first kappa shape index (κ1) is 26.3. The Morgan fingerprint density at radius 2 is 1.74 bits per heavy atom. The Labute approximate surface area is 180 Å². The van der Waals surface area contributed by atoms with Gasteiger partial charge in [-0.3, -0.25) is 19.2 Å². The molecule has 7 N–H and O–H groups in total. The second-order valence-electron chi connectivity index (χ2n) is 8.00. The third-order valence-electron chi connectivity index (χ3n) is 4.96. The largest absolute Gasteiger partial charge is 0.481 e. The van der Waals surface area contributed by atoms with Crippen LogP contribution in [0.3, 0.4) is 0 Å². The lowest BCUT2D eigenvalue weighted by Gasteiger charge is -2.30. The van der Waals surface area contributed by atoms with Crippen LogP contribution in [0, 0.1) is 5.92 Å². The van der Waals surface area contributed by atoms with E-state index in [0.717, 1.165) is 0 Å². The first-order valence-electron chi connectivity index (χ1n) is 10.2. The average molecular weight is 444 g/mol. The van der Waals surface area contributed by atoms with Crippen LogP contribution in [0.2, 0.25) is 0 Å². The van der Waals surface area contributed by atoms with E-state index in [2.05, 4.69) is 10.6 Å². The molecule has 1 heterocycles. The zero-order chi connectivity index (χ0) is 23.7. The lowest BCUT2D eigenvalue weighted by molar-refractivity contribution is -0.146. The number of rotatable bonds is 12. The van der Waals surface area contributed by atoms with Crippen molar-refractivity contribution in [2.45, 2.75) is 70.1 Å². The van der Waals surface area contributed by atoms with E-state index in [-0.39, 0.29) is 31.7 Å². The summed E-state index contributed by atoms with van der Waals surface area (Å²) in [5.41, 5.74) is 5.73. The molecular formula is C19H32N4O8. The van der Waals surface area contributed by atoms with Gasteiger partial charge in [0.25, 0.3) is 0 Å². The van der Waals surface area contributed by atoms with Crippen molar-refractivity contribution in [2.24, 2.45) is 11.7 Å². The number of carboxylic acids is 2. The summed E-state index contributed by atoms with van der Waals surface area (Å²) in [6.45, 7) is 3.17. The first-order chi connectivity index (χ1) is 14.5. The van der Waals surface area contributed by atoms with Crippen molar-refractivity contribution in [3.8, 4) is 0 Å². The minimum Gasteiger partial charge on any atom is -0.481 e. The number of aliphatic hydroxyl groups excluding tert-OH is 1. The lowest BCUT2D eigenvalue weighted by Crippen LogP contribution is -2.57. The highest BCUT2D eigenvalue weighted by Crippen LogP contribution is 2.21. The maximum Gasteiger partial charge on any atom is 0.328 e. The van der Waals surface area contributed by atoms with E-state index >= 15 is 0 Å². The number of nitrogens with two attached hydrogens (primary N) is 1. The van der Waals surface area contributed by atoms with Crippen molar-refractivity contribution in [1.29, 1.82) is 0 Å². The molecule has 0 aromatic heterocycles. The number of nitrogens with zero attached hydrogens (tertiary/aromatic N) is 1. The highest BCUT2D eigenvalue weighted by Gasteiger charge is 2.39. The zero-order valence-corrected chi connectivity index (χ0v) is 17.7. The molecule has 31 heavy (non-hydrogen) atoms. The Morgan fingerprint density at radius 3 is 2.26 bits per heavy atom. The van der Waals surface area contributed by atoms with Crippen molar-refractivity contribution >= 4 is 29.7 Å². The summed E-state index contributed by atoms with van der Waals surface area (Å²) in [6.07, 6.45) is 0.726. The Bertz CT molecular complexity index is 684. The number of hydrogen-bond acceptors (Lipinski definition) is 7. The number of hydrogen-bond donors (Lipinski definition) is 6. The molecule has 4 unspecified atom stereocenters. The van der Waals surface area contributed by atoms with Crippen LogP contribution in [0.5, 0.6) is 0 Å². The van der Waals surface area contributed by atoms with Gasteiger partial charge >= 0.3 is 11.9 Å². The SMILES string of the molecule is CC(C)CC(NC(=O)C(N)CCC(=O)O)C(=O)N1CCCC1C(=O)NC(CO)C(=O)O. The van der Waals surface area contributed by atoms with Gasteiger partial charge in [0.2, 0.25) is 17.7 Å². The predicted molar refractivity (Wildman–Crippen MR) is 108 cm³/mol. The summed E-state index contributed by atoms with van der Waals surface area (Å²) in [6, 6.07) is -4.47. The molecular weight excluding hydrogens is 412 g/mol. The van der Waals surface area contributed by atoms with Gasteiger partial charge in [-0.25, -0.2) is 4.79 Å². The molecule has 3 amide bonds. The van der Waals surface area contributed by atoms with Crippen LogP contribution < -0.4 is 16.4 Å². The number of aliphatic hydroxyl groups is 1. The molecule has 0 aliphatic carbocycles. The topological polar surface area (TPSA) is 199 Å². The van der Waals surface area contributed by atoms with E-state index in [9.17, 15) is 24.0 Å². The molecule has 0 bridgehead atoms. The van der Waals surface area contributed by atoms with Crippen LogP contribution in [0.1, 0.15) is 46.0 Å². The molecule has 12 heteroatoms. The van der Waals surface area contributed by atoms with Crippen molar-refractivity contribution in [3.05, 3.63) is 0 Å². The minimum absolute atomic E-state index is 0.0187. The van der Waals surface area contributed by atoms with Crippen molar-refractivity contribution in [2.75, 3.05) is 13.2 Å². The standard InChI is InChI=1S/C19H32N4O8/c1-10(2)8-12(21-16(27)11(20)5-6-15(25)26)18(29)23-7-3-4-14(23)17(28)22-13(9-24)19(30)31/h10-14,24H,3-9,20H2,1-2H3,(H,21,27)(H,22,28)(H,25,26)(H,30,31). The summed E-state index contributed by atoms with van der Waals surface area (Å²) in [5, 5.41) is 31.6. The maximum atomic E-state index is 13.1. The van der Waals surface area contributed by atoms with Gasteiger partial charge in [0.15, 0.2) is 0 Å². The van der Waals surface area contributed by atoms with Gasteiger partial charge < -0.3 is 36.6 Å². The number of nitrogens with one attached hydrogen (secondary N) is 2. The van der Waals surface area contributed by atoms with Crippen LogP contribution in [0.25, 0.3) is 0 Å². The van der Waals surface area contributed by atoms with Gasteiger partial charge in [0.05, 0.1) is 12.6 Å². The van der Waals surface area contributed by atoms with Crippen LogP contribution in [-0.4, -0.2) is 87.2 Å². The fraction of sp³-hybridized carbons (Fsp3) is 0.737. The molecule has 1 saturated heterocycles. The highest BCUT2D eigenvalue weighted by atomic mass is 16.4. The summed E-state index contributed by atoms with van der Waals surface area (Å²) < 4.78 is 0. The summed E-state index contributed by atoms with van der Waals surface area (Å²) in [5.74, 6) is -4.32. The van der Waals surface area contributed by atoms with Crippen LogP contribution in [0.15, 0.2) is 0 Å². The molecule has 0 saturated carbocycles. The molecule has 1 rings (SSSR count). The molecule has 4 atom stereocenters. The van der Waals surface area contributed by atoms with E-state index in [4.69, 9.17) is 21.1 Å². The lowest BCUT2D eigenvalue weighted by atomic mass is 10.0. The minimum atomic E-state index is -1.48. The van der Waals surface area contributed by atoms with E-state index in [0.29, 0.717) is 12.8 Å². The number of carbonyl (C=O) groups is 5. The number of amides is 3. The highest BCUT2D eigenvalue weighted by molar-refractivity contribution is 5.94. The zero-order valence-electron chi connectivity index (χ0n) is 17.7. The second-order valence-corrected chi connectivity index (χ2v) is 8.00. The molecule has 1 fully saturated rings. The quantitative estimate of drug-likeness (QED) is 0.202. The van der Waals surface area contributed by atoms with Crippen LogP contribution >= 0.6 is 0 Å². The molecule has 1 aliphatic rings. The Kier molecular flexibility index (Phi) is 10.4. The van der Waals surface area contributed by atoms with Crippen molar-refractivity contribution in [3.63, 3.8) is 0 Å². The molecule has 0 aromatic carbocycles. The van der Waals surface area contributed by atoms with E-state index < -0.39 is 60.4 Å². The fourth-order valence-electron chi connectivity index (χ4n) is 3.34. The van der Waals surface area contributed by atoms with Crippen molar-refractivity contribution in [1.82, 2.24) is 15.5 Å². The van der Waals surface area contributed by atoms with Gasteiger partial charge in [-0.1, -0.05) is 13.8 Å². The van der Waals surface area contributed by atoms with Crippen LogP contribution in [0.4, 0.5) is 0 Å². The maximum absolute atomic E-state index is 13.1. The van der Waals surface area contributed by atoms with E-state index in [1.807, 2.05) is 13.8 Å². The number of carbonyl (C=O) groups excluding carboxylic acids is 3. The molecule has 0 radical (unpaired) electrons. The molecule has 176 valence electrons.